The normalized spacial score (nSPS) is 11.8. The standard InChI is InChI=1S/C18H26N2O2/c1-5-6-7-8-9-15-12-14-13-19-11-10-16(14)20(15)17(21)22-18(2,3)4/h10-13H,5-9H2,1-4H3. The molecular formula is C18H26N2O2. The van der Waals surface area contributed by atoms with E-state index in [0.717, 1.165) is 29.4 Å². The fraction of sp³-hybridized carbons (Fsp3) is 0.556. The van der Waals surface area contributed by atoms with Crippen LogP contribution in [0.5, 0.6) is 0 Å². The monoisotopic (exact) mass is 302 g/mol. The largest absolute Gasteiger partial charge is 0.443 e. The van der Waals surface area contributed by atoms with Gasteiger partial charge in [0.25, 0.3) is 0 Å². The third-order valence-electron chi connectivity index (χ3n) is 3.54. The number of carbonyl (C=O) groups is 1. The minimum atomic E-state index is -0.500. The highest BCUT2D eigenvalue weighted by molar-refractivity contribution is 5.90. The van der Waals surface area contributed by atoms with Crippen LogP contribution in [0.4, 0.5) is 4.79 Å². The molecule has 0 spiro atoms. The van der Waals surface area contributed by atoms with Gasteiger partial charge in [-0.05, 0) is 45.7 Å². The highest BCUT2D eigenvalue weighted by atomic mass is 16.6. The van der Waals surface area contributed by atoms with Gasteiger partial charge >= 0.3 is 6.09 Å². The van der Waals surface area contributed by atoms with Crippen molar-refractivity contribution in [1.29, 1.82) is 0 Å². The Bertz CT molecular complexity index is 638. The molecule has 0 aliphatic rings. The van der Waals surface area contributed by atoms with Crippen molar-refractivity contribution in [2.24, 2.45) is 0 Å². The van der Waals surface area contributed by atoms with Gasteiger partial charge in [0.1, 0.15) is 5.60 Å². The smallest absolute Gasteiger partial charge is 0.419 e. The molecule has 0 fully saturated rings. The molecule has 0 saturated heterocycles. The zero-order valence-electron chi connectivity index (χ0n) is 14.1. The lowest BCUT2D eigenvalue weighted by atomic mass is 10.1. The van der Waals surface area contributed by atoms with Crippen molar-refractivity contribution < 1.29 is 9.53 Å². The van der Waals surface area contributed by atoms with Gasteiger partial charge in [-0.2, -0.15) is 0 Å². The van der Waals surface area contributed by atoms with Gasteiger partial charge in [-0.3, -0.25) is 4.98 Å². The van der Waals surface area contributed by atoms with Crippen molar-refractivity contribution in [3.63, 3.8) is 0 Å². The summed E-state index contributed by atoms with van der Waals surface area (Å²) in [5, 5.41) is 0.985. The Hall–Kier alpha value is -1.84. The van der Waals surface area contributed by atoms with Crippen LogP contribution < -0.4 is 0 Å². The third kappa shape index (κ3) is 4.09. The molecule has 4 heteroatoms. The highest BCUT2D eigenvalue weighted by Gasteiger charge is 2.21. The van der Waals surface area contributed by atoms with Gasteiger partial charge in [0, 0.05) is 23.5 Å². The van der Waals surface area contributed by atoms with E-state index in [0.29, 0.717) is 0 Å². The number of hydrogen-bond donors (Lipinski definition) is 0. The highest BCUT2D eigenvalue weighted by Crippen LogP contribution is 2.22. The second kappa shape index (κ2) is 6.95. The van der Waals surface area contributed by atoms with Gasteiger partial charge in [0.2, 0.25) is 0 Å². The number of fused-ring (bicyclic) bond motifs is 1. The topological polar surface area (TPSA) is 44.1 Å². The van der Waals surface area contributed by atoms with E-state index >= 15 is 0 Å². The van der Waals surface area contributed by atoms with E-state index in [9.17, 15) is 4.79 Å². The Morgan fingerprint density at radius 2 is 2.05 bits per heavy atom. The summed E-state index contributed by atoms with van der Waals surface area (Å²) in [6, 6.07) is 3.92. The molecule has 0 atom stereocenters. The SMILES string of the molecule is CCCCCCc1cc2cnccc2n1C(=O)OC(C)(C)C. The molecule has 0 bridgehead atoms. The number of nitrogens with zero attached hydrogens (tertiary/aromatic N) is 2. The molecule has 2 rings (SSSR count). The molecule has 0 aromatic carbocycles. The lowest BCUT2D eigenvalue weighted by Gasteiger charge is -2.21. The van der Waals surface area contributed by atoms with E-state index in [4.69, 9.17) is 4.74 Å². The van der Waals surface area contributed by atoms with Crippen LogP contribution in [0.25, 0.3) is 10.9 Å². The second-order valence-corrected chi connectivity index (χ2v) is 6.70. The van der Waals surface area contributed by atoms with E-state index in [1.54, 1.807) is 17.0 Å². The van der Waals surface area contributed by atoms with Crippen molar-refractivity contribution >= 4 is 17.0 Å². The Balaban J connectivity index is 2.29. The van der Waals surface area contributed by atoms with E-state index in [2.05, 4.69) is 18.0 Å². The summed E-state index contributed by atoms with van der Waals surface area (Å²) in [5.41, 5.74) is 1.38. The van der Waals surface area contributed by atoms with Gasteiger partial charge in [-0.15, -0.1) is 0 Å². The molecule has 0 saturated carbocycles. The van der Waals surface area contributed by atoms with Crippen LogP contribution in [0, 0.1) is 0 Å². The number of aromatic nitrogens is 2. The maximum atomic E-state index is 12.6. The number of aryl methyl sites for hydroxylation is 1. The van der Waals surface area contributed by atoms with Crippen LogP contribution in [0.2, 0.25) is 0 Å². The third-order valence-corrected chi connectivity index (χ3v) is 3.54. The van der Waals surface area contributed by atoms with E-state index < -0.39 is 5.60 Å². The Labute approximate surface area is 132 Å². The van der Waals surface area contributed by atoms with Crippen LogP contribution in [0.1, 0.15) is 59.1 Å². The van der Waals surface area contributed by atoms with Gasteiger partial charge in [-0.25, -0.2) is 9.36 Å². The summed E-state index contributed by atoms with van der Waals surface area (Å²) in [6.45, 7) is 7.86. The quantitative estimate of drug-likeness (QED) is 0.735. The molecule has 2 aromatic heterocycles. The predicted molar refractivity (Wildman–Crippen MR) is 89.2 cm³/mol. The molecule has 2 aromatic rings. The number of rotatable bonds is 5. The molecule has 0 radical (unpaired) electrons. The number of unbranched alkanes of at least 4 members (excludes halogenated alkanes) is 3. The number of pyridine rings is 1. The Morgan fingerprint density at radius 3 is 2.73 bits per heavy atom. The summed E-state index contributed by atoms with van der Waals surface area (Å²) in [6.07, 6.45) is 8.79. The average molecular weight is 302 g/mol. The lowest BCUT2D eigenvalue weighted by Crippen LogP contribution is -2.28. The fourth-order valence-electron chi connectivity index (χ4n) is 2.55. The number of carbonyl (C=O) groups excluding carboxylic acids is 1. The van der Waals surface area contributed by atoms with Gasteiger partial charge in [-0.1, -0.05) is 26.2 Å². The maximum absolute atomic E-state index is 12.6. The molecular weight excluding hydrogens is 276 g/mol. The van der Waals surface area contributed by atoms with E-state index in [1.165, 1.54) is 19.3 Å². The number of ether oxygens (including phenoxy) is 1. The van der Waals surface area contributed by atoms with E-state index in [-0.39, 0.29) is 6.09 Å². The summed E-state index contributed by atoms with van der Waals surface area (Å²) in [4.78, 5) is 16.7. The molecule has 2 heterocycles. The summed E-state index contributed by atoms with van der Waals surface area (Å²) in [7, 11) is 0. The van der Waals surface area contributed by atoms with Gasteiger partial charge in [0.05, 0.1) is 5.52 Å². The molecule has 120 valence electrons. The molecule has 0 unspecified atom stereocenters. The fourth-order valence-corrected chi connectivity index (χ4v) is 2.55. The second-order valence-electron chi connectivity index (χ2n) is 6.70. The van der Waals surface area contributed by atoms with Gasteiger partial charge in [0.15, 0.2) is 0 Å². The zero-order chi connectivity index (χ0) is 16.2. The Kier molecular flexibility index (Phi) is 5.22. The molecule has 0 N–H and O–H groups in total. The van der Waals surface area contributed by atoms with Crippen LogP contribution in [-0.4, -0.2) is 21.2 Å². The van der Waals surface area contributed by atoms with Crippen molar-refractivity contribution in [3.05, 3.63) is 30.2 Å². The lowest BCUT2D eigenvalue weighted by molar-refractivity contribution is 0.0540. The molecule has 4 nitrogen and oxygen atoms in total. The molecule has 0 amide bonds. The Morgan fingerprint density at radius 1 is 1.27 bits per heavy atom. The van der Waals surface area contributed by atoms with Gasteiger partial charge < -0.3 is 4.74 Å². The van der Waals surface area contributed by atoms with Crippen molar-refractivity contribution in [2.75, 3.05) is 0 Å². The van der Waals surface area contributed by atoms with Crippen LogP contribution >= 0.6 is 0 Å². The van der Waals surface area contributed by atoms with Crippen molar-refractivity contribution in [2.45, 2.75) is 65.4 Å². The van der Waals surface area contributed by atoms with Crippen molar-refractivity contribution in [1.82, 2.24) is 9.55 Å². The minimum Gasteiger partial charge on any atom is -0.443 e. The zero-order valence-corrected chi connectivity index (χ0v) is 14.1. The first-order valence-electron chi connectivity index (χ1n) is 8.10. The van der Waals surface area contributed by atoms with Crippen molar-refractivity contribution in [3.8, 4) is 0 Å². The summed E-state index contributed by atoms with van der Waals surface area (Å²) < 4.78 is 7.26. The average Bonchev–Trinajstić information content (AvgIpc) is 2.80. The first-order valence-corrected chi connectivity index (χ1v) is 8.10. The van der Waals surface area contributed by atoms with E-state index in [1.807, 2.05) is 26.8 Å². The van der Waals surface area contributed by atoms with Crippen LogP contribution in [-0.2, 0) is 11.2 Å². The first kappa shape index (κ1) is 16.5. The van der Waals surface area contributed by atoms with Crippen LogP contribution in [0.3, 0.4) is 0 Å². The predicted octanol–water partition coefficient (Wildman–Crippen LogP) is 4.94. The first-order chi connectivity index (χ1) is 10.4. The minimum absolute atomic E-state index is 0.306. The van der Waals surface area contributed by atoms with Crippen LogP contribution in [0.15, 0.2) is 24.5 Å². The summed E-state index contributed by atoms with van der Waals surface area (Å²) >= 11 is 0. The molecule has 0 aliphatic carbocycles. The maximum Gasteiger partial charge on any atom is 0.419 e. The molecule has 22 heavy (non-hydrogen) atoms. The summed E-state index contributed by atoms with van der Waals surface area (Å²) in [5.74, 6) is 0. The molecule has 0 aliphatic heterocycles. The number of hydrogen-bond acceptors (Lipinski definition) is 3.